The lowest BCUT2D eigenvalue weighted by molar-refractivity contribution is -0.131. The number of thiocarbonyl (C=S) groups is 1. The normalized spacial score (nSPS) is 13.6. The number of carbonyl (C=O) groups excluding carboxylic acids is 2. The van der Waals surface area contributed by atoms with Crippen molar-refractivity contribution in [1.82, 2.24) is 10.2 Å². The van der Waals surface area contributed by atoms with Crippen molar-refractivity contribution in [2.45, 2.75) is 19.8 Å². The monoisotopic (exact) mass is 522 g/mol. The van der Waals surface area contributed by atoms with Crippen LogP contribution in [0.3, 0.4) is 0 Å². The van der Waals surface area contributed by atoms with E-state index in [1.807, 2.05) is 30.0 Å². The van der Waals surface area contributed by atoms with Crippen molar-refractivity contribution in [2.75, 3.05) is 36.4 Å². The lowest BCUT2D eigenvalue weighted by Crippen LogP contribution is -2.48. The van der Waals surface area contributed by atoms with Crippen LogP contribution in [0.25, 0.3) is 0 Å². The minimum atomic E-state index is -0.303. The summed E-state index contributed by atoms with van der Waals surface area (Å²) in [5, 5.41) is 6.44. The molecule has 0 radical (unpaired) electrons. The zero-order valence-electron chi connectivity index (χ0n) is 17.2. The fraction of sp³-hybridized carbons (Fsp3) is 0.318. The molecule has 0 unspecified atom stereocenters. The van der Waals surface area contributed by atoms with Gasteiger partial charge in [0.25, 0.3) is 5.91 Å². The van der Waals surface area contributed by atoms with Crippen molar-refractivity contribution in [1.29, 1.82) is 0 Å². The second-order valence-corrected chi connectivity index (χ2v) is 8.84. The van der Waals surface area contributed by atoms with Crippen LogP contribution in [0.5, 0.6) is 0 Å². The van der Waals surface area contributed by atoms with E-state index in [0.29, 0.717) is 40.3 Å². The molecular formula is C22H24BrClN4O2S. The van der Waals surface area contributed by atoms with Crippen molar-refractivity contribution in [3.63, 3.8) is 0 Å². The summed E-state index contributed by atoms with van der Waals surface area (Å²) in [4.78, 5) is 28.5. The van der Waals surface area contributed by atoms with E-state index in [9.17, 15) is 9.59 Å². The smallest absolute Gasteiger partial charge is 0.258 e. The molecule has 0 saturated carbocycles. The van der Waals surface area contributed by atoms with Gasteiger partial charge in [0, 0.05) is 42.8 Å². The molecule has 1 fully saturated rings. The van der Waals surface area contributed by atoms with Crippen LogP contribution in [0, 0.1) is 0 Å². The van der Waals surface area contributed by atoms with E-state index < -0.39 is 0 Å². The summed E-state index contributed by atoms with van der Waals surface area (Å²) in [5.41, 5.74) is 2.09. The number of amides is 2. The second kappa shape index (κ2) is 10.9. The summed E-state index contributed by atoms with van der Waals surface area (Å²) in [7, 11) is 0. The lowest BCUT2D eigenvalue weighted by Gasteiger charge is -2.36. The number of hydrogen-bond donors (Lipinski definition) is 2. The molecule has 2 aromatic carbocycles. The number of piperazine rings is 1. The summed E-state index contributed by atoms with van der Waals surface area (Å²) in [6.45, 7) is 4.88. The number of anilines is 2. The largest absolute Gasteiger partial charge is 0.367 e. The van der Waals surface area contributed by atoms with Gasteiger partial charge in [-0.1, -0.05) is 30.7 Å². The van der Waals surface area contributed by atoms with Crippen LogP contribution < -0.4 is 15.5 Å². The molecule has 1 heterocycles. The fourth-order valence-electron chi connectivity index (χ4n) is 3.39. The fourth-order valence-corrected chi connectivity index (χ4v) is 4.36. The quantitative estimate of drug-likeness (QED) is 0.557. The third-order valence-corrected chi connectivity index (χ3v) is 6.19. The molecular weight excluding hydrogens is 500 g/mol. The third-order valence-electron chi connectivity index (χ3n) is 4.99. The van der Waals surface area contributed by atoms with Gasteiger partial charge in [0.2, 0.25) is 5.91 Å². The lowest BCUT2D eigenvalue weighted by atomic mass is 10.2. The summed E-state index contributed by atoms with van der Waals surface area (Å²) in [6.07, 6.45) is 1.46. The Labute approximate surface area is 201 Å². The van der Waals surface area contributed by atoms with Crippen LogP contribution in [-0.4, -0.2) is 48.0 Å². The number of benzene rings is 2. The van der Waals surface area contributed by atoms with Crippen LogP contribution in [0.1, 0.15) is 30.1 Å². The van der Waals surface area contributed by atoms with Gasteiger partial charge in [0.05, 0.1) is 16.3 Å². The van der Waals surface area contributed by atoms with E-state index in [-0.39, 0.29) is 16.9 Å². The van der Waals surface area contributed by atoms with Crippen LogP contribution in [-0.2, 0) is 4.79 Å². The first kappa shape index (κ1) is 23.5. The van der Waals surface area contributed by atoms with Gasteiger partial charge in [-0.15, -0.1) is 0 Å². The Hall–Kier alpha value is -2.16. The average Bonchev–Trinajstić information content (AvgIpc) is 2.74. The molecule has 9 heteroatoms. The van der Waals surface area contributed by atoms with Gasteiger partial charge in [0.15, 0.2) is 5.11 Å². The van der Waals surface area contributed by atoms with E-state index >= 15 is 0 Å². The van der Waals surface area contributed by atoms with Gasteiger partial charge in [-0.25, -0.2) is 0 Å². The molecule has 0 bridgehead atoms. The van der Waals surface area contributed by atoms with Crippen molar-refractivity contribution in [3.8, 4) is 0 Å². The Morgan fingerprint density at radius 1 is 1.13 bits per heavy atom. The van der Waals surface area contributed by atoms with Gasteiger partial charge >= 0.3 is 0 Å². The molecule has 2 aromatic rings. The first-order valence-electron chi connectivity index (χ1n) is 10.1. The average molecular weight is 524 g/mol. The Morgan fingerprint density at radius 3 is 2.48 bits per heavy atom. The Balaban J connectivity index is 1.57. The van der Waals surface area contributed by atoms with Crippen molar-refractivity contribution in [3.05, 3.63) is 57.5 Å². The molecule has 1 saturated heterocycles. The Kier molecular flexibility index (Phi) is 8.28. The maximum Gasteiger partial charge on any atom is 0.258 e. The predicted molar refractivity (Wildman–Crippen MR) is 133 cm³/mol. The summed E-state index contributed by atoms with van der Waals surface area (Å²) < 4.78 is 0.694. The highest BCUT2D eigenvalue weighted by Crippen LogP contribution is 2.30. The zero-order chi connectivity index (χ0) is 22.4. The van der Waals surface area contributed by atoms with E-state index in [1.54, 1.807) is 24.3 Å². The van der Waals surface area contributed by atoms with Gasteiger partial charge in [0.1, 0.15) is 0 Å². The maximum atomic E-state index is 12.4. The number of nitrogens with one attached hydrogen (secondary N) is 2. The molecule has 6 nitrogen and oxygen atoms in total. The third kappa shape index (κ3) is 6.18. The highest BCUT2D eigenvalue weighted by atomic mass is 79.9. The first-order chi connectivity index (χ1) is 14.9. The predicted octanol–water partition coefficient (Wildman–Crippen LogP) is 4.68. The number of nitrogens with zero attached hydrogens (tertiary/aromatic N) is 2. The summed E-state index contributed by atoms with van der Waals surface area (Å²) in [6, 6.07) is 12.7. The van der Waals surface area contributed by atoms with E-state index in [4.69, 9.17) is 23.8 Å². The molecule has 0 aliphatic carbocycles. The van der Waals surface area contributed by atoms with E-state index in [1.165, 1.54) is 0 Å². The van der Waals surface area contributed by atoms with E-state index in [2.05, 4.69) is 31.5 Å². The molecule has 0 spiro atoms. The number of carbonyl (C=O) groups is 2. The molecule has 2 amide bonds. The van der Waals surface area contributed by atoms with Crippen molar-refractivity contribution in [2.24, 2.45) is 0 Å². The number of halogens is 2. The molecule has 3 rings (SSSR count). The standard InChI is InChI=1S/C22H24BrClN4O2S/c1-2-5-20(29)28-12-10-27(11-13-28)19-9-8-15(14-18(19)24)25-22(31)26-21(30)16-6-3-4-7-17(16)23/h3-4,6-9,14H,2,5,10-13H2,1H3,(H2,25,26,30,31). The highest BCUT2D eigenvalue weighted by Gasteiger charge is 2.22. The van der Waals surface area contributed by atoms with Crippen LogP contribution in [0.4, 0.5) is 11.4 Å². The van der Waals surface area contributed by atoms with Crippen molar-refractivity contribution < 1.29 is 9.59 Å². The molecule has 164 valence electrons. The SMILES string of the molecule is CCCC(=O)N1CCN(c2ccc(NC(=S)NC(=O)c3ccccc3Br)cc2Cl)CC1. The topological polar surface area (TPSA) is 64.7 Å². The Morgan fingerprint density at radius 2 is 1.84 bits per heavy atom. The van der Waals surface area contributed by atoms with Crippen LogP contribution in [0.15, 0.2) is 46.9 Å². The highest BCUT2D eigenvalue weighted by molar-refractivity contribution is 9.10. The van der Waals surface area contributed by atoms with Gasteiger partial charge in [-0.2, -0.15) is 0 Å². The number of hydrogen-bond acceptors (Lipinski definition) is 4. The van der Waals surface area contributed by atoms with Crippen molar-refractivity contribution >= 4 is 68.1 Å². The Bertz CT molecular complexity index is 980. The molecule has 1 aliphatic heterocycles. The summed E-state index contributed by atoms with van der Waals surface area (Å²) >= 11 is 15.1. The molecule has 2 N–H and O–H groups in total. The van der Waals surface area contributed by atoms with Crippen LogP contribution >= 0.6 is 39.7 Å². The van der Waals surface area contributed by atoms with E-state index in [0.717, 1.165) is 25.2 Å². The van der Waals surface area contributed by atoms with Gasteiger partial charge in [-0.3, -0.25) is 14.9 Å². The minimum Gasteiger partial charge on any atom is -0.367 e. The molecule has 0 aromatic heterocycles. The molecule has 0 atom stereocenters. The molecule has 31 heavy (non-hydrogen) atoms. The molecule has 1 aliphatic rings. The minimum absolute atomic E-state index is 0.188. The number of rotatable bonds is 5. The first-order valence-corrected chi connectivity index (χ1v) is 11.7. The van der Waals surface area contributed by atoms with Gasteiger partial charge < -0.3 is 15.1 Å². The maximum absolute atomic E-state index is 12.4. The second-order valence-electron chi connectivity index (χ2n) is 7.17. The van der Waals surface area contributed by atoms with Crippen LogP contribution in [0.2, 0.25) is 5.02 Å². The summed E-state index contributed by atoms with van der Waals surface area (Å²) in [5.74, 6) is -0.0888. The van der Waals surface area contributed by atoms with Gasteiger partial charge in [-0.05, 0) is 64.9 Å². The zero-order valence-corrected chi connectivity index (χ0v) is 20.3.